The highest BCUT2D eigenvalue weighted by atomic mass is 16.5. The Morgan fingerprint density at radius 3 is 2.27 bits per heavy atom. The van der Waals surface area contributed by atoms with Crippen LogP contribution >= 0.6 is 0 Å². The first-order chi connectivity index (χ1) is 12.6. The van der Waals surface area contributed by atoms with E-state index in [0.717, 1.165) is 11.3 Å². The van der Waals surface area contributed by atoms with Gasteiger partial charge >= 0.3 is 0 Å². The Hall–Kier alpha value is -3.35. The van der Waals surface area contributed by atoms with Crippen molar-refractivity contribution in [3.05, 3.63) is 54.1 Å². The van der Waals surface area contributed by atoms with Crippen molar-refractivity contribution in [2.24, 2.45) is 5.10 Å². The third kappa shape index (κ3) is 6.27. The highest BCUT2D eigenvalue weighted by Crippen LogP contribution is 2.15. The molecule has 2 aromatic carbocycles. The van der Waals surface area contributed by atoms with Gasteiger partial charge in [-0.3, -0.25) is 9.59 Å². The van der Waals surface area contributed by atoms with Crippen molar-refractivity contribution < 1.29 is 19.1 Å². The zero-order valence-corrected chi connectivity index (χ0v) is 14.7. The molecule has 2 rings (SSSR count). The van der Waals surface area contributed by atoms with Gasteiger partial charge in [-0.25, -0.2) is 5.43 Å². The van der Waals surface area contributed by atoms with Crippen molar-refractivity contribution in [2.75, 3.05) is 19.0 Å². The van der Waals surface area contributed by atoms with E-state index < -0.39 is 11.8 Å². The van der Waals surface area contributed by atoms with E-state index in [-0.39, 0.29) is 6.42 Å². The fraction of sp³-hybridized carbons (Fsp3) is 0.211. The molecule has 0 saturated carbocycles. The molecule has 0 aromatic heterocycles. The summed E-state index contributed by atoms with van der Waals surface area (Å²) in [7, 11) is 1.56. The first-order valence-electron chi connectivity index (χ1n) is 8.09. The molecule has 2 amide bonds. The van der Waals surface area contributed by atoms with Crippen LogP contribution in [0, 0.1) is 0 Å². The smallest absolute Gasteiger partial charge is 0.249 e. The van der Waals surface area contributed by atoms with Crippen LogP contribution in [0.2, 0.25) is 0 Å². The number of hydrogen-bond acceptors (Lipinski definition) is 5. The maximum Gasteiger partial charge on any atom is 0.249 e. The zero-order valence-electron chi connectivity index (χ0n) is 14.7. The van der Waals surface area contributed by atoms with Gasteiger partial charge in [-0.15, -0.1) is 0 Å². The fourth-order valence-electron chi connectivity index (χ4n) is 2.06. The van der Waals surface area contributed by atoms with Gasteiger partial charge in [0.1, 0.15) is 17.9 Å². The number of nitrogens with one attached hydrogen (secondary N) is 2. The molecule has 0 radical (unpaired) electrons. The van der Waals surface area contributed by atoms with Gasteiger partial charge < -0.3 is 14.8 Å². The fourth-order valence-corrected chi connectivity index (χ4v) is 2.06. The van der Waals surface area contributed by atoms with Crippen LogP contribution < -0.4 is 20.2 Å². The first kappa shape index (κ1) is 19.0. The van der Waals surface area contributed by atoms with E-state index >= 15 is 0 Å². The van der Waals surface area contributed by atoms with Gasteiger partial charge in [0.15, 0.2) is 0 Å². The number of hydrogen-bond donors (Lipinski definition) is 2. The Labute approximate surface area is 152 Å². The van der Waals surface area contributed by atoms with E-state index in [9.17, 15) is 9.59 Å². The number of carbonyl (C=O) groups excluding carboxylic acids is 2. The standard InChI is InChI=1S/C19H21N3O4/c1-3-26-17-8-4-14(5-9-17)13-20-22-19(24)12-18(23)21-15-6-10-16(25-2)11-7-15/h4-11,13H,3,12H2,1-2H3,(H,21,23)(H,22,24). The number of anilines is 1. The van der Waals surface area contributed by atoms with E-state index in [1.165, 1.54) is 6.21 Å². The number of methoxy groups -OCH3 is 1. The van der Waals surface area contributed by atoms with Crippen molar-refractivity contribution in [1.82, 2.24) is 5.43 Å². The van der Waals surface area contributed by atoms with Crippen molar-refractivity contribution in [3.63, 3.8) is 0 Å². The van der Waals surface area contributed by atoms with Crippen LogP contribution in [0.25, 0.3) is 0 Å². The summed E-state index contributed by atoms with van der Waals surface area (Å²) in [6, 6.07) is 14.1. The molecule has 0 atom stereocenters. The molecule has 0 aliphatic carbocycles. The molecule has 0 heterocycles. The second-order valence-electron chi connectivity index (χ2n) is 5.25. The molecule has 0 saturated heterocycles. The molecule has 0 spiro atoms. The lowest BCUT2D eigenvalue weighted by atomic mass is 10.2. The Balaban J connectivity index is 1.77. The predicted molar refractivity (Wildman–Crippen MR) is 99.6 cm³/mol. The largest absolute Gasteiger partial charge is 0.497 e. The van der Waals surface area contributed by atoms with Gasteiger partial charge in [-0.2, -0.15) is 5.10 Å². The van der Waals surface area contributed by atoms with Crippen LogP contribution in [0.4, 0.5) is 5.69 Å². The van der Waals surface area contributed by atoms with Crippen molar-refractivity contribution in [3.8, 4) is 11.5 Å². The number of hydrazone groups is 1. The van der Waals surface area contributed by atoms with Gasteiger partial charge in [0.25, 0.3) is 0 Å². The third-order valence-corrected chi connectivity index (χ3v) is 3.29. The summed E-state index contributed by atoms with van der Waals surface area (Å²) in [5.74, 6) is 0.524. The maximum atomic E-state index is 11.8. The highest BCUT2D eigenvalue weighted by molar-refractivity contribution is 6.03. The quantitative estimate of drug-likeness (QED) is 0.433. The molecule has 2 N–H and O–H groups in total. The van der Waals surface area contributed by atoms with Gasteiger partial charge in [0.05, 0.1) is 19.9 Å². The average molecular weight is 355 g/mol. The molecular formula is C19H21N3O4. The van der Waals surface area contributed by atoms with E-state index in [1.54, 1.807) is 31.4 Å². The van der Waals surface area contributed by atoms with Gasteiger partial charge in [0, 0.05) is 5.69 Å². The second kappa shape index (κ2) is 9.83. The Morgan fingerprint density at radius 1 is 1.00 bits per heavy atom. The number of ether oxygens (including phenoxy) is 2. The molecule has 0 aliphatic rings. The minimum absolute atomic E-state index is 0.327. The summed E-state index contributed by atoms with van der Waals surface area (Å²) in [6.45, 7) is 2.51. The monoisotopic (exact) mass is 355 g/mol. The predicted octanol–water partition coefficient (Wildman–Crippen LogP) is 2.57. The SMILES string of the molecule is CCOc1ccc(C=NNC(=O)CC(=O)Nc2ccc(OC)cc2)cc1. The highest BCUT2D eigenvalue weighted by Gasteiger charge is 2.09. The molecule has 0 fully saturated rings. The lowest BCUT2D eigenvalue weighted by molar-refractivity contribution is -0.126. The zero-order chi connectivity index (χ0) is 18.8. The molecule has 0 bridgehead atoms. The van der Waals surface area contributed by atoms with E-state index in [2.05, 4.69) is 15.8 Å². The Morgan fingerprint density at radius 2 is 1.65 bits per heavy atom. The molecule has 0 unspecified atom stereocenters. The van der Waals surface area contributed by atoms with E-state index in [4.69, 9.17) is 9.47 Å². The number of amides is 2. The van der Waals surface area contributed by atoms with Crippen molar-refractivity contribution >= 4 is 23.7 Å². The van der Waals surface area contributed by atoms with Gasteiger partial charge in [-0.05, 0) is 61.0 Å². The molecule has 7 nitrogen and oxygen atoms in total. The molecular weight excluding hydrogens is 334 g/mol. The molecule has 0 aliphatic heterocycles. The molecule has 26 heavy (non-hydrogen) atoms. The van der Waals surface area contributed by atoms with Crippen molar-refractivity contribution in [2.45, 2.75) is 13.3 Å². The van der Waals surface area contributed by atoms with Gasteiger partial charge in [-0.1, -0.05) is 0 Å². The average Bonchev–Trinajstić information content (AvgIpc) is 2.64. The topological polar surface area (TPSA) is 89.0 Å². The summed E-state index contributed by atoms with van der Waals surface area (Å²) in [5.41, 5.74) is 3.71. The van der Waals surface area contributed by atoms with Crippen LogP contribution in [0.3, 0.4) is 0 Å². The first-order valence-corrected chi connectivity index (χ1v) is 8.09. The summed E-state index contributed by atoms with van der Waals surface area (Å²) in [4.78, 5) is 23.6. The summed E-state index contributed by atoms with van der Waals surface area (Å²) >= 11 is 0. The minimum atomic E-state index is -0.502. The number of carbonyl (C=O) groups is 2. The van der Waals surface area contributed by atoms with Crippen LogP contribution in [0.5, 0.6) is 11.5 Å². The maximum absolute atomic E-state index is 11.8. The van der Waals surface area contributed by atoms with Gasteiger partial charge in [0.2, 0.25) is 11.8 Å². The summed E-state index contributed by atoms with van der Waals surface area (Å²) in [6.07, 6.45) is 1.17. The van der Waals surface area contributed by atoms with Crippen LogP contribution in [-0.4, -0.2) is 31.7 Å². The number of rotatable bonds is 8. The summed E-state index contributed by atoms with van der Waals surface area (Å²) in [5, 5.41) is 6.47. The van der Waals surface area contributed by atoms with E-state index in [0.29, 0.717) is 18.0 Å². The van der Waals surface area contributed by atoms with Crippen LogP contribution in [0.1, 0.15) is 18.9 Å². The Bertz CT molecular complexity index is 755. The summed E-state index contributed by atoms with van der Waals surface area (Å²) < 4.78 is 10.4. The number of nitrogens with zero attached hydrogens (tertiary/aromatic N) is 1. The molecule has 2 aromatic rings. The van der Waals surface area contributed by atoms with Crippen LogP contribution in [0.15, 0.2) is 53.6 Å². The lowest BCUT2D eigenvalue weighted by Crippen LogP contribution is -2.24. The second-order valence-corrected chi connectivity index (χ2v) is 5.25. The normalized spacial score (nSPS) is 10.4. The Kier molecular flexibility index (Phi) is 7.17. The van der Waals surface area contributed by atoms with Crippen molar-refractivity contribution in [1.29, 1.82) is 0 Å². The molecule has 7 heteroatoms. The van der Waals surface area contributed by atoms with Crippen LogP contribution in [-0.2, 0) is 9.59 Å². The number of benzene rings is 2. The third-order valence-electron chi connectivity index (χ3n) is 3.29. The minimum Gasteiger partial charge on any atom is -0.497 e. The lowest BCUT2D eigenvalue weighted by Gasteiger charge is -2.05. The molecule has 136 valence electrons. The van der Waals surface area contributed by atoms with E-state index in [1.807, 2.05) is 31.2 Å².